The Morgan fingerprint density at radius 3 is 2.47 bits per heavy atom. The molecule has 6 nitrogen and oxygen atoms in total. The highest BCUT2D eigenvalue weighted by atomic mass is 31.2. The van der Waals surface area contributed by atoms with E-state index in [4.69, 9.17) is 9.47 Å². The minimum absolute atomic E-state index is 0.148. The van der Waals surface area contributed by atoms with Gasteiger partial charge in [0.25, 0.3) is 0 Å². The Labute approximate surface area is 215 Å². The summed E-state index contributed by atoms with van der Waals surface area (Å²) in [6, 6.07) is 13.9. The summed E-state index contributed by atoms with van der Waals surface area (Å²) in [5.74, 6) is 2.70. The first-order valence-corrected chi connectivity index (χ1v) is 15.7. The van der Waals surface area contributed by atoms with E-state index in [0.717, 1.165) is 31.4 Å². The van der Waals surface area contributed by atoms with Crippen LogP contribution >= 0.6 is 7.37 Å². The van der Waals surface area contributed by atoms with E-state index in [0.29, 0.717) is 35.2 Å². The number of aliphatic hydroxyl groups is 1. The molecule has 0 amide bonds. The smallest absolute Gasteiger partial charge is 0.200 e. The third kappa shape index (κ3) is 5.77. The van der Waals surface area contributed by atoms with Crippen LogP contribution in [0.2, 0.25) is 0 Å². The lowest BCUT2D eigenvalue weighted by Gasteiger charge is -2.57. The summed E-state index contributed by atoms with van der Waals surface area (Å²) in [6.45, 7) is 4.34. The number of aliphatic hydroxyl groups excluding tert-OH is 1. The molecule has 3 aliphatic rings. The third-order valence-electron chi connectivity index (χ3n) is 8.57. The average Bonchev–Trinajstić information content (AvgIpc) is 2.80. The van der Waals surface area contributed by atoms with Crippen molar-refractivity contribution in [3.63, 3.8) is 0 Å². The van der Waals surface area contributed by atoms with Crippen LogP contribution in [0.15, 0.2) is 42.5 Å². The van der Waals surface area contributed by atoms with Crippen molar-refractivity contribution in [2.75, 3.05) is 44.5 Å². The quantitative estimate of drug-likeness (QED) is 0.402. The van der Waals surface area contributed by atoms with Gasteiger partial charge in [0, 0.05) is 30.9 Å². The Kier molecular flexibility index (Phi) is 7.40. The number of hydrogen-bond donors (Lipinski definition) is 2. The Hall–Kier alpha value is -2.01. The number of rotatable bonds is 9. The van der Waals surface area contributed by atoms with E-state index < -0.39 is 13.5 Å². The van der Waals surface area contributed by atoms with E-state index in [9.17, 15) is 14.6 Å². The molecule has 5 rings (SSSR count). The maximum atomic E-state index is 11.7. The molecule has 2 aliphatic carbocycles. The number of ether oxygens (including phenoxy) is 2. The first-order chi connectivity index (χ1) is 17.2. The minimum Gasteiger partial charge on any atom is -0.497 e. The molecular formula is C29H40NO5P. The van der Waals surface area contributed by atoms with Gasteiger partial charge in [0.1, 0.15) is 11.5 Å². The van der Waals surface area contributed by atoms with E-state index in [2.05, 4.69) is 23.1 Å². The first-order valence-electron chi connectivity index (χ1n) is 13.4. The average molecular weight is 514 g/mol. The third-order valence-corrected chi connectivity index (χ3v) is 9.59. The summed E-state index contributed by atoms with van der Waals surface area (Å²) in [5, 5.41) is 10.3. The fraction of sp³-hybridized carbons (Fsp3) is 0.586. The van der Waals surface area contributed by atoms with Crippen LogP contribution in [-0.2, 0) is 4.57 Å². The van der Waals surface area contributed by atoms with Crippen LogP contribution in [0, 0.1) is 11.3 Å². The van der Waals surface area contributed by atoms with Gasteiger partial charge in [-0.1, -0.05) is 18.6 Å². The standard InChI is InChI=1S/C29H40NO5P/c1-34-24-11-12-27(30-19-29(20-30)13-4-14-29)26(16-24)22-9-7-21(8-10-22)17-35-25-6-3-5-23(15-25)28(31)18-36(2,32)33/h3,5-6,11-12,15-16,21-22,28,31H,4,7-10,13-14,17-20H2,1-2H3,(H,32,33)/t21?,22?,28-/m1/s1. The summed E-state index contributed by atoms with van der Waals surface area (Å²) in [6.07, 6.45) is 7.60. The van der Waals surface area contributed by atoms with Crippen LogP contribution in [0.3, 0.4) is 0 Å². The van der Waals surface area contributed by atoms with Crippen LogP contribution in [-0.4, -0.2) is 49.6 Å². The van der Waals surface area contributed by atoms with Gasteiger partial charge in [-0.2, -0.15) is 0 Å². The predicted molar refractivity (Wildman–Crippen MR) is 144 cm³/mol. The largest absolute Gasteiger partial charge is 0.497 e. The molecule has 2 aromatic rings. The SMILES string of the molecule is COc1ccc(N2CC3(CCC3)C2)c(C2CCC(COc3cccc([C@H](O)CP(C)(=O)O)c3)CC2)c1. The first kappa shape index (κ1) is 25.6. The van der Waals surface area contributed by atoms with Crippen molar-refractivity contribution >= 4 is 13.1 Å². The fourth-order valence-corrected chi connectivity index (χ4v) is 7.15. The van der Waals surface area contributed by atoms with Gasteiger partial charge in [0.2, 0.25) is 7.37 Å². The second-order valence-electron chi connectivity index (χ2n) is 11.5. The molecular weight excluding hydrogens is 473 g/mol. The van der Waals surface area contributed by atoms with Crippen molar-refractivity contribution in [2.45, 2.75) is 57.0 Å². The number of hydrogen-bond acceptors (Lipinski definition) is 5. The van der Waals surface area contributed by atoms with E-state index in [1.54, 1.807) is 19.2 Å². The van der Waals surface area contributed by atoms with E-state index >= 15 is 0 Å². The zero-order chi connectivity index (χ0) is 25.3. The molecule has 0 bridgehead atoms. The molecule has 2 atom stereocenters. The maximum Gasteiger partial charge on any atom is 0.200 e. The van der Waals surface area contributed by atoms with Gasteiger partial charge in [0.15, 0.2) is 0 Å². The second-order valence-corrected chi connectivity index (χ2v) is 14.0. The lowest BCUT2D eigenvalue weighted by atomic mass is 9.63. The molecule has 2 saturated carbocycles. The van der Waals surface area contributed by atoms with Gasteiger partial charge in [-0.3, -0.25) is 4.57 Å². The highest BCUT2D eigenvalue weighted by Crippen LogP contribution is 2.51. The number of anilines is 1. The van der Waals surface area contributed by atoms with Crippen LogP contribution in [0.25, 0.3) is 0 Å². The highest BCUT2D eigenvalue weighted by molar-refractivity contribution is 7.57. The molecule has 196 valence electrons. The van der Waals surface area contributed by atoms with E-state index in [-0.39, 0.29) is 6.16 Å². The number of benzene rings is 2. The minimum atomic E-state index is -3.29. The lowest BCUT2D eigenvalue weighted by molar-refractivity contribution is 0.0901. The summed E-state index contributed by atoms with van der Waals surface area (Å²) in [5.41, 5.74) is 4.07. The highest BCUT2D eigenvalue weighted by Gasteiger charge is 2.47. The normalized spacial score (nSPS) is 25.4. The topological polar surface area (TPSA) is 79.2 Å². The second kappa shape index (κ2) is 10.4. The molecule has 1 unspecified atom stereocenters. The Balaban J connectivity index is 1.17. The summed E-state index contributed by atoms with van der Waals surface area (Å²) in [7, 11) is -1.54. The maximum absolute atomic E-state index is 11.7. The van der Waals surface area contributed by atoms with Crippen molar-refractivity contribution in [1.29, 1.82) is 0 Å². The van der Waals surface area contributed by atoms with E-state index in [1.807, 2.05) is 12.1 Å². The Morgan fingerprint density at radius 1 is 1.08 bits per heavy atom. The van der Waals surface area contributed by atoms with Crippen molar-refractivity contribution in [2.24, 2.45) is 11.3 Å². The monoisotopic (exact) mass is 513 g/mol. The van der Waals surface area contributed by atoms with Crippen LogP contribution in [0.4, 0.5) is 5.69 Å². The van der Waals surface area contributed by atoms with Crippen molar-refractivity contribution in [3.05, 3.63) is 53.6 Å². The molecule has 1 aliphatic heterocycles. The van der Waals surface area contributed by atoms with Gasteiger partial charge in [0.05, 0.1) is 26.0 Å². The lowest BCUT2D eigenvalue weighted by Crippen LogP contribution is -2.60. The zero-order valence-electron chi connectivity index (χ0n) is 21.6. The van der Waals surface area contributed by atoms with Crippen LogP contribution in [0.5, 0.6) is 11.5 Å². The molecule has 2 N–H and O–H groups in total. The summed E-state index contributed by atoms with van der Waals surface area (Å²) >= 11 is 0. The number of methoxy groups -OCH3 is 1. The fourth-order valence-electron chi connectivity index (χ4n) is 6.29. The molecule has 1 saturated heterocycles. The Bertz CT molecular complexity index is 1090. The molecule has 3 fully saturated rings. The van der Waals surface area contributed by atoms with Gasteiger partial charge in [-0.15, -0.1) is 0 Å². The molecule has 0 aromatic heterocycles. The number of nitrogens with zero attached hydrogens (tertiary/aromatic N) is 1. The molecule has 1 heterocycles. The van der Waals surface area contributed by atoms with Crippen LogP contribution in [0.1, 0.15) is 68.1 Å². The predicted octanol–water partition coefficient (Wildman–Crippen LogP) is 5.97. The molecule has 36 heavy (non-hydrogen) atoms. The molecule has 2 aromatic carbocycles. The summed E-state index contributed by atoms with van der Waals surface area (Å²) < 4.78 is 23.3. The molecule has 0 radical (unpaired) electrons. The van der Waals surface area contributed by atoms with Gasteiger partial charge in [-0.05, 0) is 91.8 Å². The summed E-state index contributed by atoms with van der Waals surface area (Å²) in [4.78, 5) is 12.2. The van der Waals surface area contributed by atoms with Crippen molar-refractivity contribution in [1.82, 2.24) is 0 Å². The van der Waals surface area contributed by atoms with Crippen molar-refractivity contribution < 1.29 is 24.0 Å². The molecule has 1 spiro atoms. The van der Waals surface area contributed by atoms with Gasteiger partial charge >= 0.3 is 0 Å². The van der Waals surface area contributed by atoms with Gasteiger partial charge < -0.3 is 24.4 Å². The zero-order valence-corrected chi connectivity index (χ0v) is 22.5. The van der Waals surface area contributed by atoms with Gasteiger partial charge in [-0.25, -0.2) is 0 Å². The Morgan fingerprint density at radius 2 is 1.83 bits per heavy atom. The van der Waals surface area contributed by atoms with E-state index in [1.165, 1.54) is 50.3 Å². The van der Waals surface area contributed by atoms with Crippen LogP contribution < -0.4 is 14.4 Å². The van der Waals surface area contributed by atoms with Crippen molar-refractivity contribution in [3.8, 4) is 11.5 Å². The molecule has 7 heteroatoms.